The molecule has 228 valence electrons. The fourth-order valence-corrected chi connectivity index (χ4v) is 6.49. The first-order valence-corrected chi connectivity index (χ1v) is 15.1. The van der Waals surface area contributed by atoms with Gasteiger partial charge in [-0.1, -0.05) is 91.0 Å². The molecule has 44 heavy (non-hydrogen) atoms. The Balaban J connectivity index is 1.40. The van der Waals surface area contributed by atoms with E-state index in [9.17, 15) is 19.2 Å². The normalized spacial score (nSPS) is 20.0. The SMILES string of the molecule is COC1=CS[C@H]2[C@H](C(=O)C(NC(=O)OC(C)(C)C)c3ccccc3)C(=O)N2C1C(=O)OC(c1ccccc1)c1ccccc1. The highest BCUT2D eigenvalue weighted by molar-refractivity contribution is 8.02. The molecule has 1 N–H and O–H groups in total. The Labute approximate surface area is 260 Å². The molecule has 4 atom stereocenters. The minimum atomic E-state index is -1.19. The van der Waals surface area contributed by atoms with Gasteiger partial charge in [0, 0.05) is 5.41 Å². The molecule has 0 aliphatic carbocycles. The predicted molar refractivity (Wildman–Crippen MR) is 165 cm³/mol. The maximum absolute atomic E-state index is 14.0. The topological polar surface area (TPSA) is 111 Å². The summed E-state index contributed by atoms with van der Waals surface area (Å²) < 4.78 is 17.0. The molecular formula is C34H34N2O7S. The Morgan fingerprint density at radius 2 is 1.36 bits per heavy atom. The maximum Gasteiger partial charge on any atom is 0.408 e. The number of hydrogen-bond acceptors (Lipinski definition) is 8. The lowest BCUT2D eigenvalue weighted by Gasteiger charge is -2.51. The van der Waals surface area contributed by atoms with Crippen molar-refractivity contribution in [1.29, 1.82) is 0 Å². The average molecular weight is 615 g/mol. The molecule has 3 aromatic rings. The van der Waals surface area contributed by atoms with Gasteiger partial charge >= 0.3 is 12.1 Å². The molecular weight excluding hydrogens is 580 g/mol. The van der Waals surface area contributed by atoms with Crippen molar-refractivity contribution in [2.45, 2.75) is 49.9 Å². The molecule has 2 unspecified atom stereocenters. The minimum absolute atomic E-state index is 0.238. The molecule has 2 aliphatic rings. The van der Waals surface area contributed by atoms with Gasteiger partial charge in [-0.25, -0.2) is 9.59 Å². The third kappa shape index (κ3) is 6.50. The number of carbonyl (C=O) groups excluding carboxylic acids is 4. The van der Waals surface area contributed by atoms with Gasteiger partial charge < -0.3 is 24.4 Å². The number of amides is 2. The van der Waals surface area contributed by atoms with E-state index in [1.807, 2.05) is 60.7 Å². The van der Waals surface area contributed by atoms with Crippen molar-refractivity contribution in [2.75, 3.05) is 7.11 Å². The van der Waals surface area contributed by atoms with E-state index in [0.717, 1.165) is 11.1 Å². The van der Waals surface area contributed by atoms with Crippen LogP contribution in [0, 0.1) is 5.92 Å². The van der Waals surface area contributed by atoms with E-state index in [4.69, 9.17) is 14.2 Å². The number of β-lactam (4-membered cyclic amide) rings is 1. The average Bonchev–Trinajstić information content (AvgIpc) is 3.02. The largest absolute Gasteiger partial charge is 0.498 e. The second-order valence-electron chi connectivity index (χ2n) is 11.4. The summed E-state index contributed by atoms with van der Waals surface area (Å²) in [6, 6.07) is 25.0. The highest BCUT2D eigenvalue weighted by Crippen LogP contribution is 2.46. The minimum Gasteiger partial charge on any atom is -0.498 e. The highest BCUT2D eigenvalue weighted by atomic mass is 32.2. The van der Waals surface area contributed by atoms with Crippen LogP contribution >= 0.6 is 11.8 Å². The van der Waals surface area contributed by atoms with Crippen molar-refractivity contribution in [2.24, 2.45) is 5.92 Å². The Bertz CT molecular complexity index is 1500. The van der Waals surface area contributed by atoms with Crippen LogP contribution in [0.25, 0.3) is 0 Å². The van der Waals surface area contributed by atoms with E-state index in [2.05, 4.69) is 5.32 Å². The van der Waals surface area contributed by atoms with Crippen LogP contribution in [0.3, 0.4) is 0 Å². The van der Waals surface area contributed by atoms with Crippen LogP contribution in [0.5, 0.6) is 0 Å². The molecule has 1 saturated heterocycles. The number of alkyl carbamates (subject to hydrolysis) is 1. The Morgan fingerprint density at radius 3 is 1.86 bits per heavy atom. The highest BCUT2D eigenvalue weighted by Gasteiger charge is 2.60. The summed E-state index contributed by atoms with van der Waals surface area (Å²) in [5, 5.41) is 3.58. The van der Waals surface area contributed by atoms with Crippen LogP contribution in [0.2, 0.25) is 0 Å². The van der Waals surface area contributed by atoms with Gasteiger partial charge in [-0.05, 0) is 37.5 Å². The number of nitrogens with one attached hydrogen (secondary N) is 1. The fourth-order valence-electron chi connectivity index (χ4n) is 5.23. The molecule has 0 aromatic heterocycles. The Hall–Kier alpha value is -4.57. The monoisotopic (exact) mass is 614 g/mol. The van der Waals surface area contributed by atoms with Crippen LogP contribution < -0.4 is 5.32 Å². The lowest BCUT2D eigenvalue weighted by atomic mass is 9.85. The van der Waals surface area contributed by atoms with Gasteiger partial charge in [0.15, 0.2) is 17.9 Å². The van der Waals surface area contributed by atoms with Crippen molar-refractivity contribution in [3.8, 4) is 0 Å². The summed E-state index contributed by atoms with van der Waals surface area (Å²) >= 11 is 1.21. The number of benzene rings is 3. The number of ether oxygens (including phenoxy) is 3. The van der Waals surface area contributed by atoms with Crippen molar-refractivity contribution >= 4 is 35.5 Å². The molecule has 3 aromatic carbocycles. The lowest BCUT2D eigenvalue weighted by molar-refractivity contribution is -0.171. The van der Waals surface area contributed by atoms with Gasteiger partial charge in [0.05, 0.1) is 7.11 Å². The zero-order valence-corrected chi connectivity index (χ0v) is 25.7. The molecule has 9 nitrogen and oxygen atoms in total. The van der Waals surface area contributed by atoms with Crippen molar-refractivity contribution in [1.82, 2.24) is 10.2 Å². The zero-order valence-electron chi connectivity index (χ0n) is 24.8. The molecule has 10 heteroatoms. The van der Waals surface area contributed by atoms with Gasteiger partial charge in [0.2, 0.25) is 5.91 Å². The van der Waals surface area contributed by atoms with Gasteiger partial charge in [-0.15, -0.1) is 11.8 Å². The number of rotatable bonds is 9. The summed E-state index contributed by atoms with van der Waals surface area (Å²) in [5.41, 5.74) is 1.24. The molecule has 0 spiro atoms. The van der Waals surface area contributed by atoms with Crippen molar-refractivity contribution in [3.05, 3.63) is 119 Å². The molecule has 0 bridgehead atoms. The van der Waals surface area contributed by atoms with E-state index >= 15 is 0 Å². The van der Waals surface area contributed by atoms with Gasteiger partial charge in [0.25, 0.3) is 0 Å². The molecule has 0 radical (unpaired) electrons. The van der Waals surface area contributed by atoms with E-state index in [0.29, 0.717) is 5.56 Å². The van der Waals surface area contributed by atoms with E-state index in [1.54, 1.807) is 56.5 Å². The first kappa shape index (κ1) is 30.9. The summed E-state index contributed by atoms with van der Waals surface area (Å²) in [7, 11) is 1.42. The quantitative estimate of drug-likeness (QED) is 0.190. The number of hydrogen-bond donors (Lipinski definition) is 1. The number of fused-ring (bicyclic) bond motifs is 1. The lowest BCUT2D eigenvalue weighted by Crippen LogP contribution is -2.69. The van der Waals surface area contributed by atoms with E-state index in [-0.39, 0.29) is 5.76 Å². The number of Topliss-reactive ketones (excluding diaryl/α,β-unsaturated/α-hetero) is 1. The smallest absolute Gasteiger partial charge is 0.408 e. The van der Waals surface area contributed by atoms with Gasteiger partial charge in [0.1, 0.15) is 28.7 Å². The van der Waals surface area contributed by atoms with Crippen LogP contribution in [-0.4, -0.2) is 52.8 Å². The number of esters is 1. The van der Waals surface area contributed by atoms with Gasteiger partial charge in [-0.2, -0.15) is 0 Å². The summed E-state index contributed by atoms with van der Waals surface area (Å²) in [6.45, 7) is 5.16. The first-order valence-electron chi connectivity index (χ1n) is 14.2. The first-order chi connectivity index (χ1) is 21.1. The summed E-state index contributed by atoms with van der Waals surface area (Å²) in [6.07, 6.45) is -1.51. The zero-order chi connectivity index (χ0) is 31.4. The van der Waals surface area contributed by atoms with Crippen LogP contribution in [0.4, 0.5) is 4.79 Å². The van der Waals surface area contributed by atoms with Crippen LogP contribution in [0.15, 0.2) is 102 Å². The third-order valence-electron chi connectivity index (χ3n) is 7.23. The van der Waals surface area contributed by atoms with Crippen LogP contribution in [0.1, 0.15) is 49.6 Å². The number of ketones is 1. The Kier molecular flexibility index (Phi) is 9.10. The standard InChI is InChI=1S/C34H34N2O7S/c1-34(2,3)43-33(40)35-26(21-14-8-5-9-15-21)28(37)25-30(38)36-27(24(41-4)20-44-31(25)36)32(39)42-29(22-16-10-6-11-17-22)23-18-12-7-13-19-23/h5-20,25-27,29,31H,1-4H3,(H,35,40)/t25-,26?,27?,31+/m1/s1. The fraction of sp³-hybridized carbons (Fsp3) is 0.294. The second-order valence-corrected chi connectivity index (χ2v) is 12.4. The van der Waals surface area contributed by atoms with E-state index < -0.39 is 58.8 Å². The third-order valence-corrected chi connectivity index (χ3v) is 8.38. The number of carbonyl (C=O) groups is 4. The maximum atomic E-state index is 14.0. The molecule has 2 amide bonds. The number of methoxy groups -OCH3 is 1. The molecule has 1 fully saturated rings. The van der Waals surface area contributed by atoms with Crippen LogP contribution in [-0.2, 0) is 28.6 Å². The molecule has 0 saturated carbocycles. The van der Waals surface area contributed by atoms with Crippen molar-refractivity contribution < 1.29 is 33.4 Å². The van der Waals surface area contributed by atoms with E-state index in [1.165, 1.54) is 23.8 Å². The van der Waals surface area contributed by atoms with Gasteiger partial charge in [-0.3, -0.25) is 9.59 Å². The van der Waals surface area contributed by atoms with Crippen molar-refractivity contribution in [3.63, 3.8) is 0 Å². The molecule has 5 rings (SSSR count). The summed E-state index contributed by atoms with van der Waals surface area (Å²) in [4.78, 5) is 55.6. The Morgan fingerprint density at radius 1 is 0.841 bits per heavy atom. The number of thioether (sulfide) groups is 1. The number of nitrogens with zero attached hydrogens (tertiary/aromatic N) is 1. The molecule has 2 heterocycles. The summed E-state index contributed by atoms with van der Waals surface area (Å²) in [5.74, 6) is -2.63. The predicted octanol–water partition coefficient (Wildman–Crippen LogP) is 5.54. The molecule has 2 aliphatic heterocycles. The second kappa shape index (κ2) is 13.0.